The Kier molecular flexibility index (Phi) is 1.11. The molecule has 1 N–H and O–H groups in total. The number of ether oxygens (including phenoxy) is 1. The van der Waals surface area contributed by atoms with Crippen LogP contribution >= 0.6 is 0 Å². The standard InChI is InChI=1S/C3H2N6O2/c10-3-7-6-2(11-3)1-4-8-9-5-1/h2H,(H,4,5,8,9). The molecule has 0 aliphatic carbocycles. The second-order valence-electron chi connectivity index (χ2n) is 1.72. The Balaban J connectivity index is 2.21. The highest BCUT2D eigenvalue weighted by Crippen LogP contribution is 2.19. The summed E-state index contributed by atoms with van der Waals surface area (Å²) in [6, 6.07) is 0. The van der Waals surface area contributed by atoms with Crippen LogP contribution in [0.5, 0.6) is 0 Å². The summed E-state index contributed by atoms with van der Waals surface area (Å²) in [7, 11) is 0. The molecule has 1 aliphatic heterocycles. The van der Waals surface area contributed by atoms with Crippen LogP contribution in [-0.2, 0) is 4.74 Å². The van der Waals surface area contributed by atoms with Gasteiger partial charge >= 0.3 is 6.09 Å². The molecule has 1 aliphatic rings. The van der Waals surface area contributed by atoms with E-state index in [2.05, 4.69) is 35.6 Å². The van der Waals surface area contributed by atoms with Crippen LogP contribution in [0.15, 0.2) is 10.2 Å². The van der Waals surface area contributed by atoms with E-state index >= 15 is 0 Å². The number of hydrogen-bond donors (Lipinski definition) is 1. The first-order valence-electron chi connectivity index (χ1n) is 2.71. The maximum absolute atomic E-state index is 10.4. The van der Waals surface area contributed by atoms with Gasteiger partial charge in [0.15, 0.2) is 0 Å². The van der Waals surface area contributed by atoms with Crippen LogP contribution in [0.3, 0.4) is 0 Å². The van der Waals surface area contributed by atoms with Crippen LogP contribution in [0, 0.1) is 0 Å². The molecule has 0 spiro atoms. The molecule has 0 saturated heterocycles. The number of carbonyl (C=O) groups is 1. The Labute approximate surface area is 59.7 Å². The Bertz CT molecular complexity index is 291. The Morgan fingerprint density at radius 3 is 3.00 bits per heavy atom. The van der Waals surface area contributed by atoms with E-state index in [1.807, 2.05) is 0 Å². The van der Waals surface area contributed by atoms with Crippen molar-refractivity contribution in [2.24, 2.45) is 10.2 Å². The maximum atomic E-state index is 10.4. The van der Waals surface area contributed by atoms with Crippen molar-refractivity contribution >= 4 is 6.09 Å². The van der Waals surface area contributed by atoms with Gasteiger partial charge in [-0.25, -0.2) is 4.79 Å². The van der Waals surface area contributed by atoms with Crippen LogP contribution in [0.2, 0.25) is 0 Å². The molecule has 56 valence electrons. The zero-order valence-electron chi connectivity index (χ0n) is 5.13. The molecule has 0 aromatic carbocycles. The van der Waals surface area contributed by atoms with Gasteiger partial charge in [0, 0.05) is 0 Å². The summed E-state index contributed by atoms with van der Waals surface area (Å²) in [5.41, 5.74) is 0. The maximum Gasteiger partial charge on any atom is 0.454 e. The van der Waals surface area contributed by atoms with Crippen molar-refractivity contribution in [1.82, 2.24) is 20.6 Å². The number of aromatic amines is 1. The van der Waals surface area contributed by atoms with E-state index in [1.54, 1.807) is 0 Å². The van der Waals surface area contributed by atoms with Crippen LogP contribution in [-0.4, -0.2) is 26.7 Å². The van der Waals surface area contributed by atoms with Gasteiger partial charge in [-0.1, -0.05) is 5.11 Å². The van der Waals surface area contributed by atoms with Crippen molar-refractivity contribution in [2.75, 3.05) is 0 Å². The Hall–Kier alpha value is -1.86. The number of H-pyrrole nitrogens is 1. The molecule has 1 aromatic heterocycles. The molecule has 8 heteroatoms. The van der Waals surface area contributed by atoms with Crippen molar-refractivity contribution in [1.29, 1.82) is 0 Å². The summed E-state index contributed by atoms with van der Waals surface area (Å²) in [5.74, 6) is 0.194. The van der Waals surface area contributed by atoms with Crippen LogP contribution in [0.4, 0.5) is 4.79 Å². The predicted molar refractivity (Wildman–Crippen MR) is 28.3 cm³/mol. The molecule has 11 heavy (non-hydrogen) atoms. The molecule has 1 amide bonds. The fraction of sp³-hybridized carbons (Fsp3) is 0.333. The first kappa shape index (κ1) is 5.89. The lowest BCUT2D eigenvalue weighted by Gasteiger charge is -1.95. The quantitative estimate of drug-likeness (QED) is 0.602. The fourth-order valence-electron chi connectivity index (χ4n) is 0.621. The number of nitrogens with one attached hydrogen (secondary N) is 1. The lowest BCUT2D eigenvalue weighted by molar-refractivity contribution is 0.128. The SMILES string of the molecule is O=C1N=NC(c2nn[nH]n2)O1. The molecular weight excluding hydrogens is 152 g/mol. The monoisotopic (exact) mass is 154 g/mol. The minimum absolute atomic E-state index is 0.194. The third kappa shape index (κ3) is 0.933. The molecule has 2 heterocycles. The van der Waals surface area contributed by atoms with Gasteiger partial charge in [-0.3, -0.25) is 0 Å². The van der Waals surface area contributed by atoms with Gasteiger partial charge in [-0.05, 0) is 5.21 Å². The van der Waals surface area contributed by atoms with Gasteiger partial charge in [0.25, 0.3) is 6.23 Å². The summed E-state index contributed by atoms with van der Waals surface area (Å²) in [6.45, 7) is 0. The average Bonchev–Trinajstić information content (AvgIpc) is 2.55. The number of hydrogen-bond acceptors (Lipinski definition) is 6. The largest absolute Gasteiger partial charge is 0.454 e. The number of nitrogens with zero attached hydrogens (tertiary/aromatic N) is 5. The Morgan fingerprint density at radius 1 is 1.55 bits per heavy atom. The van der Waals surface area contributed by atoms with Crippen LogP contribution in [0.25, 0.3) is 0 Å². The highest BCUT2D eigenvalue weighted by Gasteiger charge is 2.25. The lowest BCUT2D eigenvalue weighted by atomic mass is 10.6. The molecule has 0 fully saturated rings. The third-order valence-electron chi connectivity index (χ3n) is 1.04. The normalized spacial score (nSPS) is 22.2. The topological polar surface area (TPSA) is 105 Å². The van der Waals surface area contributed by atoms with Crippen molar-refractivity contribution in [3.63, 3.8) is 0 Å². The minimum Gasteiger partial charge on any atom is -0.411 e. The molecule has 2 rings (SSSR count). The number of carbonyl (C=O) groups excluding carboxylic acids is 1. The number of rotatable bonds is 1. The van der Waals surface area contributed by atoms with Crippen LogP contribution < -0.4 is 0 Å². The molecule has 0 bridgehead atoms. The summed E-state index contributed by atoms with van der Waals surface area (Å²) in [4.78, 5) is 10.4. The lowest BCUT2D eigenvalue weighted by Crippen LogP contribution is -2.00. The van der Waals surface area contributed by atoms with Gasteiger partial charge in [-0.2, -0.15) is 5.21 Å². The average molecular weight is 154 g/mol. The molecule has 1 aromatic rings. The summed E-state index contributed by atoms with van der Waals surface area (Å²) in [5, 5.41) is 19.1. The second-order valence-corrected chi connectivity index (χ2v) is 1.72. The molecular formula is C3H2N6O2. The van der Waals surface area contributed by atoms with Crippen molar-refractivity contribution in [2.45, 2.75) is 6.23 Å². The van der Waals surface area contributed by atoms with Gasteiger partial charge in [0.1, 0.15) is 0 Å². The summed E-state index contributed by atoms with van der Waals surface area (Å²) in [6.07, 6.45) is -1.57. The first-order chi connectivity index (χ1) is 5.36. The molecule has 1 unspecified atom stereocenters. The number of tetrazole rings is 1. The van der Waals surface area contributed by atoms with Gasteiger partial charge < -0.3 is 4.74 Å². The number of amides is 1. The smallest absolute Gasteiger partial charge is 0.411 e. The summed E-state index contributed by atoms with van der Waals surface area (Å²) < 4.78 is 4.55. The summed E-state index contributed by atoms with van der Waals surface area (Å²) >= 11 is 0. The zero-order chi connectivity index (χ0) is 7.68. The first-order valence-corrected chi connectivity index (χ1v) is 2.71. The van der Waals surface area contributed by atoms with E-state index in [4.69, 9.17) is 0 Å². The molecule has 0 radical (unpaired) electrons. The van der Waals surface area contributed by atoms with Crippen molar-refractivity contribution < 1.29 is 9.53 Å². The highest BCUT2D eigenvalue weighted by atomic mass is 16.6. The fourth-order valence-corrected chi connectivity index (χ4v) is 0.621. The Morgan fingerprint density at radius 2 is 2.45 bits per heavy atom. The van der Waals surface area contributed by atoms with Gasteiger partial charge in [0.05, 0.1) is 0 Å². The van der Waals surface area contributed by atoms with E-state index in [0.29, 0.717) is 0 Å². The second kappa shape index (κ2) is 2.08. The number of aromatic nitrogens is 4. The van der Waals surface area contributed by atoms with E-state index in [9.17, 15) is 4.79 Å². The number of cyclic esters (lactones) is 1. The third-order valence-corrected chi connectivity index (χ3v) is 1.04. The van der Waals surface area contributed by atoms with Crippen molar-refractivity contribution in [3.8, 4) is 0 Å². The van der Waals surface area contributed by atoms with E-state index < -0.39 is 12.3 Å². The molecule has 8 nitrogen and oxygen atoms in total. The highest BCUT2D eigenvalue weighted by molar-refractivity contribution is 5.68. The van der Waals surface area contributed by atoms with Gasteiger partial charge in [-0.15, -0.1) is 15.3 Å². The predicted octanol–water partition coefficient (Wildman–Crippen LogP) is -0.199. The van der Waals surface area contributed by atoms with E-state index in [0.717, 1.165) is 0 Å². The number of azo groups is 1. The molecule has 1 atom stereocenters. The van der Waals surface area contributed by atoms with E-state index in [1.165, 1.54) is 0 Å². The van der Waals surface area contributed by atoms with Crippen molar-refractivity contribution in [3.05, 3.63) is 5.82 Å². The molecule has 0 saturated carbocycles. The zero-order valence-corrected chi connectivity index (χ0v) is 5.13. The van der Waals surface area contributed by atoms with Gasteiger partial charge in [0.2, 0.25) is 5.82 Å². The minimum atomic E-state index is -0.832. The van der Waals surface area contributed by atoms with Crippen LogP contribution in [0.1, 0.15) is 12.1 Å². The van der Waals surface area contributed by atoms with E-state index in [-0.39, 0.29) is 5.82 Å².